The highest BCUT2D eigenvalue weighted by atomic mass is 32.2. The molecule has 0 spiro atoms. The Kier molecular flexibility index (Phi) is 5.75. The molecule has 31 heavy (non-hydrogen) atoms. The van der Waals surface area contributed by atoms with E-state index in [9.17, 15) is 13.2 Å². The molecule has 158 valence electrons. The summed E-state index contributed by atoms with van der Waals surface area (Å²) >= 11 is 0. The lowest BCUT2D eigenvalue weighted by atomic mass is 10.1. The van der Waals surface area contributed by atoms with Gasteiger partial charge in [0.1, 0.15) is 6.54 Å². The number of para-hydroxylation sites is 1. The first-order valence-corrected chi connectivity index (χ1v) is 11.2. The number of nitrogens with zero attached hydrogens (tertiary/aromatic N) is 1. The molecule has 1 aromatic heterocycles. The van der Waals surface area contributed by atoms with Gasteiger partial charge in [0, 0.05) is 23.1 Å². The van der Waals surface area contributed by atoms with E-state index in [1.165, 1.54) is 0 Å². The summed E-state index contributed by atoms with van der Waals surface area (Å²) in [5, 5.41) is 8.98. The molecule has 0 aliphatic carbocycles. The molecule has 3 aromatic carbocycles. The van der Waals surface area contributed by atoms with Crippen molar-refractivity contribution in [2.45, 2.75) is 13.1 Å². The molecular formula is C23H22N4O3S. The van der Waals surface area contributed by atoms with Gasteiger partial charge in [0.25, 0.3) is 10.2 Å². The summed E-state index contributed by atoms with van der Waals surface area (Å²) in [5.41, 5.74) is 4.08. The highest BCUT2D eigenvalue weighted by Crippen LogP contribution is 2.28. The van der Waals surface area contributed by atoms with Crippen LogP contribution < -0.4 is 15.2 Å². The first kappa shape index (κ1) is 20.6. The average molecular weight is 435 g/mol. The van der Waals surface area contributed by atoms with E-state index < -0.39 is 10.2 Å². The van der Waals surface area contributed by atoms with Gasteiger partial charge in [-0.3, -0.25) is 9.52 Å². The standard InChI is InChI=1S/C23H22N4O3S/c24-31(29,30)26-20-11-6-7-17(13-20)15-25-23(28)16-27-21-12-5-4-10-19(21)14-22(27)18-8-2-1-3-9-18/h1-14,26H,15-16H2,(H,25,28)(H2,24,29,30). The maximum atomic E-state index is 12.8. The smallest absolute Gasteiger partial charge is 0.296 e. The summed E-state index contributed by atoms with van der Waals surface area (Å²) in [6.07, 6.45) is 0. The van der Waals surface area contributed by atoms with Gasteiger partial charge in [-0.1, -0.05) is 60.7 Å². The van der Waals surface area contributed by atoms with Crippen molar-refractivity contribution in [2.75, 3.05) is 4.72 Å². The summed E-state index contributed by atoms with van der Waals surface area (Å²) in [7, 11) is -3.85. The normalized spacial score (nSPS) is 11.4. The Morgan fingerprint density at radius 2 is 1.65 bits per heavy atom. The molecule has 4 aromatic rings. The summed E-state index contributed by atoms with van der Waals surface area (Å²) < 4.78 is 26.6. The molecule has 0 atom stereocenters. The van der Waals surface area contributed by atoms with Crippen LogP contribution in [0.3, 0.4) is 0 Å². The Morgan fingerprint density at radius 3 is 2.42 bits per heavy atom. The number of hydrogen-bond acceptors (Lipinski definition) is 3. The third kappa shape index (κ3) is 5.11. The maximum Gasteiger partial charge on any atom is 0.296 e. The van der Waals surface area contributed by atoms with Crippen molar-refractivity contribution in [2.24, 2.45) is 5.14 Å². The summed E-state index contributed by atoms with van der Waals surface area (Å²) in [6.45, 7) is 0.422. The third-order valence-electron chi connectivity index (χ3n) is 4.86. The van der Waals surface area contributed by atoms with Crippen LogP contribution in [0.4, 0.5) is 5.69 Å². The molecule has 0 radical (unpaired) electrons. The molecule has 8 heteroatoms. The molecule has 0 fully saturated rings. The molecule has 4 rings (SSSR count). The Bertz CT molecular complexity index is 1330. The van der Waals surface area contributed by atoms with Crippen LogP contribution in [0.5, 0.6) is 0 Å². The highest BCUT2D eigenvalue weighted by molar-refractivity contribution is 7.90. The largest absolute Gasteiger partial charge is 0.350 e. The summed E-state index contributed by atoms with van der Waals surface area (Å²) in [4.78, 5) is 12.8. The molecular weight excluding hydrogens is 412 g/mol. The van der Waals surface area contributed by atoms with Crippen molar-refractivity contribution < 1.29 is 13.2 Å². The van der Waals surface area contributed by atoms with Crippen molar-refractivity contribution in [1.29, 1.82) is 0 Å². The van der Waals surface area contributed by atoms with Crippen LogP contribution in [0.15, 0.2) is 84.9 Å². The van der Waals surface area contributed by atoms with Crippen LogP contribution in [0.1, 0.15) is 5.56 Å². The predicted molar refractivity (Wildman–Crippen MR) is 122 cm³/mol. The second-order valence-corrected chi connectivity index (χ2v) is 8.46. The van der Waals surface area contributed by atoms with Gasteiger partial charge in [-0.05, 0) is 35.4 Å². The fourth-order valence-electron chi connectivity index (χ4n) is 3.54. The van der Waals surface area contributed by atoms with Crippen LogP contribution in [0, 0.1) is 0 Å². The first-order chi connectivity index (χ1) is 14.9. The van der Waals surface area contributed by atoms with E-state index in [0.717, 1.165) is 27.7 Å². The van der Waals surface area contributed by atoms with Crippen molar-refractivity contribution in [3.63, 3.8) is 0 Å². The fourth-order valence-corrected chi connectivity index (χ4v) is 3.99. The van der Waals surface area contributed by atoms with Gasteiger partial charge in [-0.2, -0.15) is 8.42 Å². The lowest BCUT2D eigenvalue weighted by molar-refractivity contribution is -0.121. The van der Waals surface area contributed by atoms with Crippen molar-refractivity contribution in [3.8, 4) is 11.3 Å². The van der Waals surface area contributed by atoms with Crippen LogP contribution in [0.2, 0.25) is 0 Å². The fraction of sp³-hybridized carbons (Fsp3) is 0.0870. The molecule has 4 N–H and O–H groups in total. The number of amides is 1. The summed E-state index contributed by atoms with van der Waals surface area (Å²) in [6, 6.07) is 26.7. The SMILES string of the molecule is NS(=O)(=O)Nc1cccc(CNC(=O)Cn2c(-c3ccccc3)cc3ccccc32)c1. The monoisotopic (exact) mass is 434 g/mol. The second kappa shape index (κ2) is 8.63. The zero-order chi connectivity index (χ0) is 21.8. The van der Waals surface area contributed by atoms with Crippen LogP contribution in [-0.2, 0) is 28.1 Å². The molecule has 0 saturated carbocycles. The topological polar surface area (TPSA) is 106 Å². The number of nitrogens with two attached hydrogens (primary N) is 1. The van der Waals surface area contributed by atoms with Gasteiger partial charge in [-0.15, -0.1) is 0 Å². The van der Waals surface area contributed by atoms with Gasteiger partial charge in [-0.25, -0.2) is 5.14 Å². The number of hydrogen-bond donors (Lipinski definition) is 3. The second-order valence-electron chi connectivity index (χ2n) is 7.16. The quantitative estimate of drug-likeness (QED) is 0.416. The number of carbonyl (C=O) groups is 1. The number of benzene rings is 3. The van der Waals surface area contributed by atoms with Crippen LogP contribution >= 0.6 is 0 Å². The Hall–Kier alpha value is -3.62. The highest BCUT2D eigenvalue weighted by Gasteiger charge is 2.13. The number of anilines is 1. The Balaban J connectivity index is 1.52. The molecule has 0 aliphatic rings. The molecule has 0 saturated heterocycles. The molecule has 0 bridgehead atoms. The van der Waals surface area contributed by atoms with E-state index in [1.54, 1.807) is 24.3 Å². The maximum absolute atomic E-state index is 12.8. The minimum Gasteiger partial charge on any atom is -0.350 e. The minimum absolute atomic E-state index is 0.150. The molecule has 0 unspecified atom stereocenters. The Labute approximate surface area is 180 Å². The van der Waals surface area contributed by atoms with E-state index in [1.807, 2.05) is 59.2 Å². The minimum atomic E-state index is -3.85. The van der Waals surface area contributed by atoms with Gasteiger partial charge in [0.2, 0.25) is 5.91 Å². The zero-order valence-corrected chi connectivity index (χ0v) is 17.5. The molecule has 7 nitrogen and oxygen atoms in total. The van der Waals surface area contributed by atoms with Crippen molar-refractivity contribution >= 4 is 32.7 Å². The average Bonchev–Trinajstić information content (AvgIpc) is 3.10. The summed E-state index contributed by atoms with van der Waals surface area (Å²) in [5.74, 6) is -0.150. The number of nitrogens with one attached hydrogen (secondary N) is 2. The lowest BCUT2D eigenvalue weighted by Crippen LogP contribution is -2.27. The molecule has 1 amide bonds. The number of carbonyl (C=O) groups excluding carboxylic acids is 1. The van der Waals surface area contributed by atoms with E-state index in [2.05, 4.69) is 16.1 Å². The Morgan fingerprint density at radius 1 is 0.903 bits per heavy atom. The zero-order valence-electron chi connectivity index (χ0n) is 16.7. The number of fused-ring (bicyclic) bond motifs is 1. The van der Waals surface area contributed by atoms with E-state index in [4.69, 9.17) is 5.14 Å². The van der Waals surface area contributed by atoms with Gasteiger partial charge in [0.15, 0.2) is 0 Å². The number of aromatic nitrogens is 1. The van der Waals surface area contributed by atoms with Gasteiger partial charge in [0.05, 0.1) is 5.69 Å². The number of rotatable bonds is 7. The van der Waals surface area contributed by atoms with E-state index in [0.29, 0.717) is 5.69 Å². The van der Waals surface area contributed by atoms with Gasteiger partial charge < -0.3 is 9.88 Å². The van der Waals surface area contributed by atoms with Crippen LogP contribution in [0.25, 0.3) is 22.2 Å². The van der Waals surface area contributed by atoms with E-state index >= 15 is 0 Å². The predicted octanol–water partition coefficient (Wildman–Crippen LogP) is 3.24. The third-order valence-corrected chi connectivity index (χ3v) is 5.38. The molecule has 0 aliphatic heterocycles. The first-order valence-electron chi connectivity index (χ1n) is 9.69. The van der Waals surface area contributed by atoms with Crippen LogP contribution in [-0.4, -0.2) is 18.9 Å². The van der Waals surface area contributed by atoms with Gasteiger partial charge >= 0.3 is 0 Å². The van der Waals surface area contributed by atoms with Crippen molar-refractivity contribution in [3.05, 3.63) is 90.5 Å². The lowest BCUT2D eigenvalue weighted by Gasteiger charge is -2.12. The molecule has 1 heterocycles. The van der Waals surface area contributed by atoms with E-state index in [-0.39, 0.29) is 19.0 Å². The van der Waals surface area contributed by atoms with Crippen molar-refractivity contribution in [1.82, 2.24) is 9.88 Å².